The van der Waals surface area contributed by atoms with Crippen LogP contribution in [0, 0.1) is 6.92 Å². The van der Waals surface area contributed by atoms with Crippen LogP contribution in [-0.4, -0.2) is 29.0 Å². The van der Waals surface area contributed by atoms with Crippen molar-refractivity contribution in [3.05, 3.63) is 76.6 Å². The number of halogens is 1. The van der Waals surface area contributed by atoms with Gasteiger partial charge in [-0.15, -0.1) is 0 Å². The molecule has 2 aromatic carbocycles. The molecule has 1 aromatic heterocycles. The molecule has 3 aromatic rings. The summed E-state index contributed by atoms with van der Waals surface area (Å²) < 4.78 is 6.70. The van der Waals surface area contributed by atoms with Gasteiger partial charge in [-0.3, -0.25) is 4.79 Å². The highest BCUT2D eigenvalue weighted by molar-refractivity contribution is 6.32. The van der Waals surface area contributed by atoms with Crippen LogP contribution in [0.15, 0.2) is 59.7 Å². The summed E-state index contributed by atoms with van der Waals surface area (Å²) in [5, 5.41) is 8.84. The zero-order chi connectivity index (χ0) is 18.5. The lowest BCUT2D eigenvalue weighted by molar-refractivity contribution is 0.0955. The van der Waals surface area contributed by atoms with Crippen LogP contribution in [0.3, 0.4) is 0 Å². The number of carbonyl (C=O) groups is 1. The maximum atomic E-state index is 12.1. The molecule has 0 aliphatic heterocycles. The lowest BCUT2D eigenvalue weighted by Gasteiger charge is -2.02. The molecule has 26 heavy (non-hydrogen) atoms. The van der Waals surface area contributed by atoms with E-state index in [2.05, 4.69) is 15.6 Å². The topological polar surface area (TPSA) is 68.5 Å². The average Bonchev–Trinajstić information content (AvgIpc) is 2.97. The Kier molecular flexibility index (Phi) is 5.34. The van der Waals surface area contributed by atoms with Crippen LogP contribution in [0.4, 0.5) is 0 Å². The Bertz CT molecular complexity index is 934. The first-order valence-corrected chi connectivity index (χ1v) is 8.26. The second-order valence-corrected chi connectivity index (χ2v) is 5.82. The molecule has 1 heterocycles. The molecule has 0 bridgehead atoms. The molecule has 1 N–H and O–H groups in total. The standard InChI is InChI=1S/C19H17ClN4O2/c1-13-17(18(20)24(23-13)15-6-4-3-5-7-15)12-21-22-19(25)14-8-10-16(26-2)11-9-14/h3-12H,1-2H3,(H,22,25)/b21-12+. The molecule has 6 nitrogen and oxygen atoms in total. The third-order valence-corrected chi connectivity index (χ3v) is 4.12. The average molecular weight is 369 g/mol. The van der Waals surface area contributed by atoms with Crippen molar-refractivity contribution in [3.8, 4) is 11.4 Å². The Balaban J connectivity index is 1.74. The first kappa shape index (κ1) is 17.7. The van der Waals surface area contributed by atoms with Crippen molar-refractivity contribution >= 4 is 23.7 Å². The third-order valence-electron chi connectivity index (χ3n) is 3.76. The number of nitrogens with one attached hydrogen (secondary N) is 1. The molecular formula is C19H17ClN4O2. The Morgan fingerprint density at radius 2 is 1.88 bits per heavy atom. The van der Waals surface area contributed by atoms with Gasteiger partial charge in [0.15, 0.2) is 0 Å². The van der Waals surface area contributed by atoms with Gasteiger partial charge in [0.1, 0.15) is 10.9 Å². The monoisotopic (exact) mass is 368 g/mol. The van der Waals surface area contributed by atoms with E-state index in [-0.39, 0.29) is 5.91 Å². The minimum atomic E-state index is -0.326. The molecule has 0 saturated heterocycles. The van der Waals surface area contributed by atoms with Gasteiger partial charge in [-0.2, -0.15) is 10.2 Å². The van der Waals surface area contributed by atoms with Gasteiger partial charge in [0, 0.05) is 5.56 Å². The van der Waals surface area contributed by atoms with Crippen LogP contribution < -0.4 is 10.2 Å². The molecule has 0 radical (unpaired) electrons. The molecule has 0 aliphatic rings. The number of benzene rings is 2. The Hall–Kier alpha value is -3.12. The number of hydrogen-bond donors (Lipinski definition) is 1. The number of rotatable bonds is 5. The summed E-state index contributed by atoms with van der Waals surface area (Å²) in [6.07, 6.45) is 1.49. The van der Waals surface area contributed by atoms with E-state index < -0.39 is 0 Å². The fraction of sp³-hybridized carbons (Fsp3) is 0.105. The smallest absolute Gasteiger partial charge is 0.271 e. The minimum absolute atomic E-state index is 0.326. The second kappa shape index (κ2) is 7.84. The molecule has 0 saturated carbocycles. The highest BCUT2D eigenvalue weighted by Gasteiger charge is 2.13. The van der Waals surface area contributed by atoms with Crippen molar-refractivity contribution < 1.29 is 9.53 Å². The van der Waals surface area contributed by atoms with Gasteiger partial charge in [0.05, 0.1) is 30.3 Å². The summed E-state index contributed by atoms with van der Waals surface area (Å²) in [5.41, 5.74) is 5.16. The second-order valence-electron chi connectivity index (χ2n) is 5.46. The van der Waals surface area contributed by atoms with E-state index in [9.17, 15) is 4.79 Å². The number of hydrazone groups is 1. The fourth-order valence-corrected chi connectivity index (χ4v) is 2.68. The van der Waals surface area contributed by atoms with E-state index in [0.29, 0.717) is 27.7 Å². The molecule has 0 unspecified atom stereocenters. The van der Waals surface area contributed by atoms with Crippen molar-refractivity contribution in [2.75, 3.05) is 7.11 Å². The first-order chi connectivity index (χ1) is 12.6. The highest BCUT2D eigenvalue weighted by Crippen LogP contribution is 2.21. The summed E-state index contributed by atoms with van der Waals surface area (Å²) in [6.45, 7) is 1.83. The van der Waals surface area contributed by atoms with Gasteiger partial charge in [-0.05, 0) is 43.3 Å². The summed E-state index contributed by atoms with van der Waals surface area (Å²) in [5.74, 6) is 0.355. The van der Waals surface area contributed by atoms with Crippen molar-refractivity contribution in [2.24, 2.45) is 5.10 Å². The van der Waals surface area contributed by atoms with Gasteiger partial charge < -0.3 is 4.74 Å². The van der Waals surface area contributed by atoms with Crippen LogP contribution in [-0.2, 0) is 0 Å². The fourth-order valence-electron chi connectivity index (χ4n) is 2.36. The summed E-state index contributed by atoms with van der Waals surface area (Å²) in [4.78, 5) is 12.1. The van der Waals surface area contributed by atoms with Gasteiger partial charge in [-0.1, -0.05) is 29.8 Å². The molecule has 7 heteroatoms. The number of ether oxygens (including phenoxy) is 1. The van der Waals surface area contributed by atoms with E-state index >= 15 is 0 Å². The van der Waals surface area contributed by atoms with E-state index in [0.717, 1.165) is 5.69 Å². The van der Waals surface area contributed by atoms with Crippen LogP contribution in [0.5, 0.6) is 5.75 Å². The number of aryl methyl sites for hydroxylation is 1. The normalized spacial score (nSPS) is 10.9. The Labute approximate surface area is 156 Å². The van der Waals surface area contributed by atoms with Crippen molar-refractivity contribution in [3.63, 3.8) is 0 Å². The van der Waals surface area contributed by atoms with E-state index in [4.69, 9.17) is 16.3 Å². The van der Waals surface area contributed by atoms with E-state index in [1.54, 1.807) is 36.1 Å². The molecular weight excluding hydrogens is 352 g/mol. The van der Waals surface area contributed by atoms with Crippen LogP contribution in [0.1, 0.15) is 21.6 Å². The quantitative estimate of drug-likeness (QED) is 0.552. The van der Waals surface area contributed by atoms with Gasteiger partial charge in [0.25, 0.3) is 5.91 Å². The van der Waals surface area contributed by atoms with E-state index in [1.807, 2.05) is 37.3 Å². The van der Waals surface area contributed by atoms with Crippen LogP contribution in [0.2, 0.25) is 5.15 Å². The predicted molar refractivity (Wildman–Crippen MR) is 101 cm³/mol. The molecule has 0 spiro atoms. The SMILES string of the molecule is COc1ccc(C(=O)N/N=C/c2c(C)nn(-c3ccccc3)c2Cl)cc1. The zero-order valence-corrected chi connectivity index (χ0v) is 15.1. The predicted octanol–water partition coefficient (Wildman–Crippen LogP) is 3.61. The van der Waals surface area contributed by atoms with Crippen LogP contribution in [0.25, 0.3) is 5.69 Å². The number of amides is 1. The Morgan fingerprint density at radius 1 is 1.19 bits per heavy atom. The zero-order valence-electron chi connectivity index (χ0n) is 14.3. The maximum Gasteiger partial charge on any atom is 0.271 e. The molecule has 3 rings (SSSR count). The van der Waals surface area contributed by atoms with Crippen LogP contribution >= 0.6 is 11.6 Å². The number of methoxy groups -OCH3 is 1. The highest BCUT2D eigenvalue weighted by atomic mass is 35.5. The molecule has 0 aliphatic carbocycles. The Morgan fingerprint density at radius 3 is 2.54 bits per heavy atom. The number of aromatic nitrogens is 2. The first-order valence-electron chi connectivity index (χ1n) is 7.88. The van der Waals surface area contributed by atoms with E-state index in [1.165, 1.54) is 6.21 Å². The minimum Gasteiger partial charge on any atom is -0.497 e. The van der Waals surface area contributed by atoms with Crippen molar-refractivity contribution in [1.82, 2.24) is 15.2 Å². The maximum absolute atomic E-state index is 12.1. The summed E-state index contributed by atoms with van der Waals surface area (Å²) in [7, 11) is 1.57. The van der Waals surface area contributed by atoms with Crippen molar-refractivity contribution in [1.29, 1.82) is 0 Å². The largest absolute Gasteiger partial charge is 0.497 e. The lowest BCUT2D eigenvalue weighted by Crippen LogP contribution is -2.17. The van der Waals surface area contributed by atoms with Gasteiger partial charge >= 0.3 is 0 Å². The molecule has 1 amide bonds. The summed E-state index contributed by atoms with van der Waals surface area (Å²) >= 11 is 6.41. The number of nitrogens with zero attached hydrogens (tertiary/aromatic N) is 3. The summed E-state index contributed by atoms with van der Waals surface area (Å²) in [6, 6.07) is 16.3. The molecule has 132 valence electrons. The number of para-hydroxylation sites is 1. The molecule has 0 atom stereocenters. The molecule has 0 fully saturated rings. The number of carbonyl (C=O) groups excluding carboxylic acids is 1. The van der Waals surface area contributed by atoms with Gasteiger partial charge in [0.2, 0.25) is 0 Å². The third kappa shape index (κ3) is 3.75. The van der Waals surface area contributed by atoms with Gasteiger partial charge in [-0.25, -0.2) is 10.1 Å². The van der Waals surface area contributed by atoms with Crippen molar-refractivity contribution in [2.45, 2.75) is 6.92 Å². The lowest BCUT2D eigenvalue weighted by atomic mass is 10.2. The number of hydrogen-bond acceptors (Lipinski definition) is 4.